The normalized spacial score (nSPS) is 19.2. The highest BCUT2D eigenvalue weighted by atomic mass is 19.3. The maximum Gasteiger partial charge on any atom is 0.256 e. The van der Waals surface area contributed by atoms with Gasteiger partial charge in [-0.25, -0.2) is 13.2 Å². The van der Waals surface area contributed by atoms with Crippen LogP contribution in [0.2, 0.25) is 0 Å². The number of rotatable bonds is 0. The molecule has 0 unspecified atom stereocenters. The third kappa shape index (κ3) is 1.19. The summed E-state index contributed by atoms with van der Waals surface area (Å²) in [5, 5.41) is 0. The first-order valence-corrected chi connectivity index (χ1v) is 3.72. The van der Waals surface area contributed by atoms with Crippen LogP contribution >= 0.6 is 0 Å². The molecule has 0 radical (unpaired) electrons. The van der Waals surface area contributed by atoms with Gasteiger partial charge in [-0.2, -0.15) is 0 Å². The van der Waals surface area contributed by atoms with Crippen LogP contribution in [-0.4, -0.2) is 5.92 Å². The number of halogens is 3. The van der Waals surface area contributed by atoms with Gasteiger partial charge in [0.1, 0.15) is 5.82 Å². The van der Waals surface area contributed by atoms with Crippen molar-refractivity contribution in [3.8, 4) is 0 Å². The van der Waals surface area contributed by atoms with Gasteiger partial charge in [-0.05, 0) is 23.3 Å². The van der Waals surface area contributed by atoms with Crippen molar-refractivity contribution in [1.82, 2.24) is 0 Å². The Morgan fingerprint density at radius 3 is 2.50 bits per heavy atom. The van der Waals surface area contributed by atoms with E-state index < -0.39 is 11.7 Å². The predicted molar refractivity (Wildman–Crippen MR) is 38.8 cm³/mol. The lowest BCUT2D eigenvalue weighted by molar-refractivity contribution is 0.0130. The minimum Gasteiger partial charge on any atom is -0.207 e. The zero-order chi connectivity index (χ0) is 8.77. The molecule has 0 aromatic heterocycles. The molecule has 0 bridgehead atoms. The second-order valence-corrected chi connectivity index (χ2v) is 3.12. The van der Waals surface area contributed by atoms with Crippen LogP contribution in [0, 0.1) is 5.82 Å². The Hall–Kier alpha value is -0.990. The van der Waals surface area contributed by atoms with Gasteiger partial charge in [0.05, 0.1) is 0 Å². The van der Waals surface area contributed by atoms with Crippen LogP contribution in [0.25, 0.3) is 0 Å². The van der Waals surface area contributed by atoms with E-state index in [0.717, 1.165) is 0 Å². The summed E-state index contributed by atoms with van der Waals surface area (Å²) >= 11 is 0. The molecule has 1 aromatic carbocycles. The number of benzene rings is 1. The standard InChI is InChI=1S/C9H7F3/c10-8-2-1-6-4-9(11,12)5-7(6)3-8/h1-3H,4-5H2. The van der Waals surface area contributed by atoms with Gasteiger partial charge in [-0.3, -0.25) is 0 Å². The Balaban J connectivity index is 2.43. The highest BCUT2D eigenvalue weighted by Crippen LogP contribution is 2.34. The van der Waals surface area contributed by atoms with Gasteiger partial charge < -0.3 is 0 Å². The van der Waals surface area contributed by atoms with Crippen molar-refractivity contribution in [2.45, 2.75) is 18.8 Å². The highest BCUT2D eigenvalue weighted by molar-refractivity contribution is 5.34. The van der Waals surface area contributed by atoms with E-state index in [1.807, 2.05) is 0 Å². The van der Waals surface area contributed by atoms with Gasteiger partial charge in [0.2, 0.25) is 0 Å². The number of alkyl halides is 2. The maximum absolute atomic E-state index is 12.7. The topological polar surface area (TPSA) is 0 Å². The second kappa shape index (κ2) is 2.25. The molecule has 12 heavy (non-hydrogen) atoms. The van der Waals surface area contributed by atoms with Crippen LogP contribution in [0.1, 0.15) is 11.1 Å². The van der Waals surface area contributed by atoms with Crippen molar-refractivity contribution in [3.05, 3.63) is 35.1 Å². The summed E-state index contributed by atoms with van der Waals surface area (Å²) in [5.74, 6) is -3.11. The van der Waals surface area contributed by atoms with Gasteiger partial charge in [-0.15, -0.1) is 0 Å². The SMILES string of the molecule is Fc1ccc2c(c1)CC(F)(F)C2. The molecule has 2 rings (SSSR count). The summed E-state index contributed by atoms with van der Waals surface area (Å²) in [6, 6.07) is 3.85. The Morgan fingerprint density at radius 1 is 1.08 bits per heavy atom. The first kappa shape index (κ1) is 7.65. The molecule has 0 nitrogen and oxygen atoms in total. The first-order valence-electron chi connectivity index (χ1n) is 3.72. The summed E-state index contributed by atoms with van der Waals surface area (Å²) in [7, 11) is 0. The Bertz CT molecular complexity index is 318. The van der Waals surface area contributed by atoms with Gasteiger partial charge in [0.25, 0.3) is 5.92 Å². The molecule has 0 atom stereocenters. The molecule has 1 aromatic rings. The van der Waals surface area contributed by atoms with Crippen molar-refractivity contribution < 1.29 is 13.2 Å². The molecule has 1 aliphatic rings. The molecular weight excluding hydrogens is 165 g/mol. The van der Waals surface area contributed by atoms with Gasteiger partial charge in [-0.1, -0.05) is 6.07 Å². The highest BCUT2D eigenvalue weighted by Gasteiger charge is 2.37. The molecular formula is C9H7F3. The molecule has 1 aliphatic carbocycles. The fourth-order valence-corrected chi connectivity index (χ4v) is 1.55. The van der Waals surface area contributed by atoms with Crippen molar-refractivity contribution in [1.29, 1.82) is 0 Å². The van der Waals surface area contributed by atoms with E-state index in [4.69, 9.17) is 0 Å². The average Bonchev–Trinajstić information content (AvgIpc) is 2.21. The van der Waals surface area contributed by atoms with E-state index in [1.165, 1.54) is 18.2 Å². The molecule has 0 amide bonds. The summed E-state index contributed by atoms with van der Waals surface area (Å²) < 4.78 is 38.1. The van der Waals surface area contributed by atoms with E-state index >= 15 is 0 Å². The fourth-order valence-electron chi connectivity index (χ4n) is 1.55. The molecule has 0 fully saturated rings. The van der Waals surface area contributed by atoms with Crippen LogP contribution in [0.3, 0.4) is 0 Å². The monoisotopic (exact) mass is 172 g/mol. The average molecular weight is 172 g/mol. The number of hydrogen-bond donors (Lipinski definition) is 0. The molecule has 0 aliphatic heterocycles. The molecule has 0 heterocycles. The van der Waals surface area contributed by atoms with E-state index in [9.17, 15) is 13.2 Å². The van der Waals surface area contributed by atoms with Crippen LogP contribution in [0.15, 0.2) is 18.2 Å². The summed E-state index contributed by atoms with van der Waals surface area (Å²) in [5.41, 5.74) is 1.02. The molecule has 0 N–H and O–H groups in total. The summed E-state index contributed by atoms with van der Waals surface area (Å²) in [4.78, 5) is 0. The zero-order valence-electron chi connectivity index (χ0n) is 6.28. The van der Waals surface area contributed by atoms with Gasteiger partial charge in [0.15, 0.2) is 0 Å². The fraction of sp³-hybridized carbons (Fsp3) is 0.333. The molecule has 3 heteroatoms. The van der Waals surface area contributed by atoms with Crippen LogP contribution < -0.4 is 0 Å². The summed E-state index contributed by atoms with van der Waals surface area (Å²) in [6.07, 6.45) is -0.567. The lowest BCUT2D eigenvalue weighted by atomic mass is 10.1. The smallest absolute Gasteiger partial charge is 0.207 e. The largest absolute Gasteiger partial charge is 0.256 e. The van der Waals surface area contributed by atoms with Gasteiger partial charge in [0, 0.05) is 12.8 Å². The molecule has 0 saturated heterocycles. The maximum atomic E-state index is 12.7. The van der Waals surface area contributed by atoms with Crippen molar-refractivity contribution in [2.24, 2.45) is 0 Å². The van der Waals surface area contributed by atoms with Crippen LogP contribution in [-0.2, 0) is 12.8 Å². The lowest BCUT2D eigenvalue weighted by Gasteiger charge is -2.04. The van der Waals surface area contributed by atoms with Crippen molar-refractivity contribution in [3.63, 3.8) is 0 Å². The first-order chi connectivity index (χ1) is 5.57. The minimum atomic E-state index is -2.67. The van der Waals surface area contributed by atoms with Crippen molar-refractivity contribution >= 4 is 0 Å². The van der Waals surface area contributed by atoms with Crippen LogP contribution in [0.4, 0.5) is 13.2 Å². The van der Waals surface area contributed by atoms with Crippen LogP contribution in [0.5, 0.6) is 0 Å². The predicted octanol–water partition coefficient (Wildman–Crippen LogP) is 2.56. The zero-order valence-corrected chi connectivity index (χ0v) is 6.28. The number of hydrogen-bond acceptors (Lipinski definition) is 0. The molecule has 0 saturated carbocycles. The van der Waals surface area contributed by atoms with Crippen molar-refractivity contribution in [2.75, 3.05) is 0 Å². The Labute approximate surface area is 68.0 Å². The second-order valence-electron chi connectivity index (χ2n) is 3.12. The third-order valence-corrected chi connectivity index (χ3v) is 2.07. The van der Waals surface area contributed by atoms with E-state index in [1.54, 1.807) is 0 Å². The van der Waals surface area contributed by atoms with E-state index in [-0.39, 0.29) is 12.8 Å². The van der Waals surface area contributed by atoms with E-state index in [2.05, 4.69) is 0 Å². The van der Waals surface area contributed by atoms with Gasteiger partial charge >= 0.3 is 0 Å². The quantitative estimate of drug-likeness (QED) is 0.564. The minimum absolute atomic E-state index is 0.247. The lowest BCUT2D eigenvalue weighted by Crippen LogP contribution is -2.14. The third-order valence-electron chi connectivity index (χ3n) is 2.07. The van der Waals surface area contributed by atoms with E-state index in [0.29, 0.717) is 11.1 Å². The number of fused-ring (bicyclic) bond motifs is 1. The molecule has 0 spiro atoms. The Morgan fingerprint density at radius 2 is 1.75 bits per heavy atom. The molecule has 64 valence electrons. The summed E-state index contributed by atoms with van der Waals surface area (Å²) in [6.45, 7) is 0. The Kier molecular flexibility index (Phi) is 1.43.